The van der Waals surface area contributed by atoms with E-state index in [1.54, 1.807) is 30.3 Å². The van der Waals surface area contributed by atoms with Crippen LogP contribution in [-0.4, -0.2) is 40.0 Å². The molecule has 2 aliphatic rings. The van der Waals surface area contributed by atoms with E-state index in [9.17, 15) is 22.8 Å². The first kappa shape index (κ1) is 19.8. The lowest BCUT2D eigenvalue weighted by molar-refractivity contribution is 0.0283. The topological polar surface area (TPSA) is 66.1 Å². The molecule has 1 aliphatic heterocycles. The smallest absolute Gasteiger partial charge is 0.272 e. The van der Waals surface area contributed by atoms with Gasteiger partial charge in [-0.25, -0.2) is 18.3 Å². The lowest BCUT2D eigenvalue weighted by Crippen LogP contribution is -2.40. The number of benzene rings is 2. The molecule has 5 nitrogen and oxygen atoms in total. The van der Waals surface area contributed by atoms with Gasteiger partial charge in [0, 0.05) is 36.7 Å². The third-order valence-corrected chi connectivity index (χ3v) is 6.63. The Kier molecular flexibility index (Phi) is 4.42. The van der Waals surface area contributed by atoms with E-state index in [1.165, 1.54) is 17.0 Å². The van der Waals surface area contributed by atoms with Crippen molar-refractivity contribution in [2.24, 2.45) is 5.41 Å². The molecule has 2 fully saturated rings. The van der Waals surface area contributed by atoms with Gasteiger partial charge in [-0.15, -0.1) is 0 Å². The van der Waals surface area contributed by atoms with Crippen LogP contribution in [0.3, 0.4) is 0 Å². The number of hydrogen-bond acceptors (Lipinski definition) is 3. The van der Waals surface area contributed by atoms with Crippen molar-refractivity contribution in [3.05, 3.63) is 75.5 Å². The minimum Gasteiger partial charge on any atom is -0.339 e. The average Bonchev–Trinajstić information content (AvgIpc) is 3.30. The molecule has 2 heterocycles. The number of fused-ring (bicyclic) bond motifs is 1. The second-order valence-electron chi connectivity index (χ2n) is 8.49. The number of piperidine rings is 1. The zero-order chi connectivity index (χ0) is 21.8. The Morgan fingerprint density at radius 3 is 2.45 bits per heavy atom. The second kappa shape index (κ2) is 6.93. The molecule has 1 N–H and O–H groups in total. The molecule has 2 aromatic carbocycles. The number of likely N-dealkylation sites (tertiary alicyclic amines) is 1. The van der Waals surface area contributed by atoms with Gasteiger partial charge in [0.05, 0.1) is 16.6 Å². The number of aromatic nitrogens is 2. The summed E-state index contributed by atoms with van der Waals surface area (Å²) < 4.78 is 41.7. The van der Waals surface area contributed by atoms with Crippen LogP contribution in [0.2, 0.25) is 0 Å². The Bertz CT molecular complexity index is 1250. The molecule has 160 valence electrons. The minimum absolute atomic E-state index is 0.0789. The first-order chi connectivity index (χ1) is 14.8. The number of halogens is 3. The molecule has 1 saturated carbocycles. The fraction of sp³-hybridized carbons (Fsp3) is 0.348. The van der Waals surface area contributed by atoms with Crippen molar-refractivity contribution in [2.75, 3.05) is 13.1 Å². The molecule has 1 aromatic heterocycles. The highest BCUT2D eigenvalue weighted by Gasteiger charge is 2.70. The number of carbonyl (C=O) groups is 1. The summed E-state index contributed by atoms with van der Waals surface area (Å²) in [5, 5.41) is 7.79. The van der Waals surface area contributed by atoms with Crippen molar-refractivity contribution in [3.8, 4) is 0 Å². The Balaban J connectivity index is 1.38. The van der Waals surface area contributed by atoms with E-state index in [0.29, 0.717) is 28.5 Å². The molecule has 0 atom stereocenters. The van der Waals surface area contributed by atoms with Crippen LogP contribution in [0, 0.1) is 11.2 Å². The number of nitrogens with one attached hydrogen (secondary N) is 1. The number of amides is 1. The minimum atomic E-state index is -2.64. The summed E-state index contributed by atoms with van der Waals surface area (Å²) in [5.74, 6) is -3.78. The molecule has 0 radical (unpaired) electrons. The lowest BCUT2D eigenvalue weighted by Gasteiger charge is -2.32. The number of aromatic amines is 1. The molecule has 8 heteroatoms. The fourth-order valence-electron chi connectivity index (χ4n) is 4.58. The van der Waals surface area contributed by atoms with Crippen LogP contribution in [0.5, 0.6) is 0 Å². The molecular weight excluding hydrogens is 407 g/mol. The molecule has 31 heavy (non-hydrogen) atoms. The number of H-pyrrole nitrogens is 1. The normalized spacial score (nSPS) is 19.0. The highest BCUT2D eigenvalue weighted by atomic mass is 19.3. The molecular formula is C23H20F3N3O2. The SMILES string of the molecule is O=C(c1cc(Cc2n[nH]c(=O)c3ccccc23)ccc1F)N1CCC2(CC1)CC2(F)F. The zero-order valence-corrected chi connectivity index (χ0v) is 16.6. The second-order valence-corrected chi connectivity index (χ2v) is 8.49. The van der Waals surface area contributed by atoms with Crippen molar-refractivity contribution in [2.45, 2.75) is 31.6 Å². The molecule has 0 unspecified atom stereocenters. The first-order valence-corrected chi connectivity index (χ1v) is 10.2. The Morgan fingerprint density at radius 1 is 1.10 bits per heavy atom. The van der Waals surface area contributed by atoms with E-state index in [4.69, 9.17) is 0 Å². The summed E-state index contributed by atoms with van der Waals surface area (Å²) in [6.45, 7) is 0.397. The Hall–Kier alpha value is -3.16. The van der Waals surface area contributed by atoms with Gasteiger partial charge in [0.1, 0.15) is 5.82 Å². The van der Waals surface area contributed by atoms with E-state index >= 15 is 0 Å². The van der Waals surface area contributed by atoms with E-state index in [1.807, 2.05) is 0 Å². The van der Waals surface area contributed by atoms with Crippen LogP contribution in [0.15, 0.2) is 47.3 Å². The maximum absolute atomic E-state index is 14.5. The van der Waals surface area contributed by atoms with E-state index in [0.717, 1.165) is 0 Å². The zero-order valence-electron chi connectivity index (χ0n) is 16.6. The van der Waals surface area contributed by atoms with Crippen molar-refractivity contribution in [1.82, 2.24) is 15.1 Å². The third-order valence-electron chi connectivity index (χ3n) is 6.63. The van der Waals surface area contributed by atoms with Crippen LogP contribution in [-0.2, 0) is 6.42 Å². The third kappa shape index (κ3) is 3.30. The van der Waals surface area contributed by atoms with Crippen LogP contribution in [0.4, 0.5) is 13.2 Å². The highest BCUT2D eigenvalue weighted by Crippen LogP contribution is 2.65. The van der Waals surface area contributed by atoms with E-state index in [2.05, 4.69) is 10.2 Å². The number of nitrogens with zero attached hydrogens (tertiary/aromatic N) is 2. The molecule has 0 bridgehead atoms. The van der Waals surface area contributed by atoms with Gasteiger partial charge in [-0.3, -0.25) is 9.59 Å². The van der Waals surface area contributed by atoms with E-state index in [-0.39, 0.29) is 43.5 Å². The summed E-state index contributed by atoms with van der Waals surface area (Å²) >= 11 is 0. The Labute approximate surface area is 175 Å². The van der Waals surface area contributed by atoms with Gasteiger partial charge in [-0.1, -0.05) is 24.3 Å². The van der Waals surface area contributed by atoms with Crippen LogP contribution >= 0.6 is 0 Å². The number of carbonyl (C=O) groups excluding carboxylic acids is 1. The first-order valence-electron chi connectivity index (χ1n) is 10.2. The predicted octanol–water partition coefficient (Wildman–Crippen LogP) is 3.91. The Morgan fingerprint density at radius 2 is 1.77 bits per heavy atom. The van der Waals surface area contributed by atoms with Crippen LogP contribution < -0.4 is 5.56 Å². The molecule has 5 rings (SSSR count). The summed E-state index contributed by atoms with van der Waals surface area (Å²) in [5.41, 5.74) is -0.0721. The van der Waals surface area contributed by atoms with Crippen molar-refractivity contribution in [3.63, 3.8) is 0 Å². The van der Waals surface area contributed by atoms with Gasteiger partial charge in [-0.05, 0) is 36.6 Å². The quantitative estimate of drug-likeness (QED) is 0.689. The van der Waals surface area contributed by atoms with Gasteiger partial charge in [-0.2, -0.15) is 5.10 Å². The molecule has 1 saturated heterocycles. The van der Waals surface area contributed by atoms with Crippen molar-refractivity contribution in [1.29, 1.82) is 0 Å². The summed E-state index contributed by atoms with van der Waals surface area (Å²) in [4.78, 5) is 26.3. The molecule has 3 aromatic rings. The maximum Gasteiger partial charge on any atom is 0.272 e. The molecule has 1 aliphatic carbocycles. The van der Waals surface area contributed by atoms with Crippen LogP contribution in [0.1, 0.15) is 40.9 Å². The van der Waals surface area contributed by atoms with Gasteiger partial charge < -0.3 is 4.90 Å². The largest absolute Gasteiger partial charge is 0.339 e. The standard InChI is InChI=1S/C23H20F3N3O2/c24-18-6-5-14(12-19-15-3-1-2-4-16(15)20(30)28-27-19)11-17(18)21(31)29-9-7-22(8-10-29)13-23(22,25)26/h1-6,11H,7-10,12-13H2,(H,28,30). The fourth-order valence-corrected chi connectivity index (χ4v) is 4.58. The molecule has 1 amide bonds. The van der Waals surface area contributed by atoms with Crippen molar-refractivity contribution >= 4 is 16.7 Å². The molecule has 1 spiro atoms. The monoisotopic (exact) mass is 427 g/mol. The summed E-state index contributed by atoms with van der Waals surface area (Å²) in [6, 6.07) is 11.3. The number of hydrogen-bond donors (Lipinski definition) is 1. The summed E-state index contributed by atoms with van der Waals surface area (Å²) in [6.07, 6.45) is 0.653. The van der Waals surface area contributed by atoms with Crippen molar-refractivity contribution < 1.29 is 18.0 Å². The maximum atomic E-state index is 14.5. The van der Waals surface area contributed by atoms with Gasteiger partial charge in [0.25, 0.3) is 17.4 Å². The average molecular weight is 427 g/mol. The van der Waals surface area contributed by atoms with E-state index < -0.39 is 23.1 Å². The lowest BCUT2D eigenvalue weighted by atomic mass is 9.92. The number of rotatable bonds is 3. The van der Waals surface area contributed by atoms with Gasteiger partial charge in [0.2, 0.25) is 0 Å². The van der Waals surface area contributed by atoms with Crippen LogP contribution in [0.25, 0.3) is 10.8 Å². The number of alkyl halides is 2. The summed E-state index contributed by atoms with van der Waals surface area (Å²) in [7, 11) is 0. The predicted molar refractivity (Wildman–Crippen MR) is 109 cm³/mol. The highest BCUT2D eigenvalue weighted by molar-refractivity contribution is 5.95. The van der Waals surface area contributed by atoms with Gasteiger partial charge in [0.15, 0.2) is 0 Å². The van der Waals surface area contributed by atoms with Gasteiger partial charge >= 0.3 is 0 Å².